The molecule has 7 heteroatoms. The first kappa shape index (κ1) is 37.6. The summed E-state index contributed by atoms with van der Waals surface area (Å²) in [6.45, 7) is 16.1. The lowest BCUT2D eigenvalue weighted by atomic mass is 9.95. The Bertz CT molecular complexity index is 596. The monoisotopic (exact) mass is 501 g/mol. The summed E-state index contributed by atoms with van der Waals surface area (Å²) in [5.41, 5.74) is 7.30. The quantitative estimate of drug-likeness (QED) is 0.145. The predicted molar refractivity (Wildman–Crippen MR) is 145 cm³/mol. The molecular formula is C28H52FNO5. The number of hydrogen-bond acceptors (Lipinski definition) is 6. The number of carbonyl (C=O) groups excluding carboxylic acids is 1. The maximum Gasteiger partial charge on any atom is 0.145 e. The van der Waals surface area contributed by atoms with E-state index in [1.165, 1.54) is 13.0 Å². The summed E-state index contributed by atoms with van der Waals surface area (Å²) in [4.78, 5) is 10.7. The van der Waals surface area contributed by atoms with Crippen molar-refractivity contribution in [3.8, 4) is 0 Å². The minimum absolute atomic E-state index is 0.120. The number of hydrogen-bond donors (Lipinski definition) is 1. The van der Waals surface area contributed by atoms with Crippen molar-refractivity contribution >= 4 is 6.29 Å². The van der Waals surface area contributed by atoms with E-state index >= 15 is 0 Å². The first-order valence-electron chi connectivity index (χ1n) is 12.5. The third-order valence-corrected chi connectivity index (χ3v) is 5.02. The van der Waals surface area contributed by atoms with Gasteiger partial charge in [0.2, 0.25) is 0 Å². The summed E-state index contributed by atoms with van der Waals surface area (Å²) in [6, 6.07) is 0. The van der Waals surface area contributed by atoms with E-state index in [-0.39, 0.29) is 18.0 Å². The molecule has 2 atom stereocenters. The van der Waals surface area contributed by atoms with E-state index in [4.69, 9.17) is 19.9 Å². The molecule has 0 aromatic heterocycles. The highest BCUT2D eigenvalue weighted by Crippen LogP contribution is 2.24. The Morgan fingerprint density at radius 2 is 1.63 bits per heavy atom. The predicted octanol–water partition coefficient (Wildman–Crippen LogP) is 6.82. The van der Waals surface area contributed by atoms with E-state index in [9.17, 15) is 9.18 Å². The van der Waals surface area contributed by atoms with Crippen LogP contribution in [0.3, 0.4) is 0 Å². The second-order valence-electron chi connectivity index (χ2n) is 7.74. The number of aldehydes is 1. The molecule has 0 aromatic carbocycles. The normalized spacial score (nSPS) is 18.3. The zero-order valence-electron chi connectivity index (χ0n) is 23.5. The average Bonchev–Trinajstić information content (AvgIpc) is 2.90. The van der Waals surface area contributed by atoms with Crippen molar-refractivity contribution < 1.29 is 28.1 Å². The van der Waals surface area contributed by atoms with Gasteiger partial charge in [-0.1, -0.05) is 32.1 Å². The first-order valence-corrected chi connectivity index (χ1v) is 12.5. The Morgan fingerprint density at radius 3 is 2.00 bits per heavy atom. The molecule has 206 valence electrons. The molecule has 1 saturated carbocycles. The van der Waals surface area contributed by atoms with Crippen molar-refractivity contribution in [2.75, 3.05) is 34.0 Å². The van der Waals surface area contributed by atoms with Crippen LogP contribution in [0.15, 0.2) is 47.7 Å². The maximum atomic E-state index is 11.3. The molecule has 0 aromatic rings. The number of rotatable bonds is 11. The van der Waals surface area contributed by atoms with Crippen molar-refractivity contribution in [1.29, 1.82) is 0 Å². The van der Waals surface area contributed by atoms with Crippen molar-refractivity contribution in [3.63, 3.8) is 0 Å². The number of nitrogens with two attached hydrogens (primary N) is 1. The molecule has 6 nitrogen and oxygen atoms in total. The van der Waals surface area contributed by atoms with Gasteiger partial charge in [0.05, 0.1) is 44.1 Å². The summed E-state index contributed by atoms with van der Waals surface area (Å²) in [5.74, 6) is 0.583. The molecule has 1 fully saturated rings. The molecule has 0 bridgehead atoms. The highest BCUT2D eigenvalue weighted by Gasteiger charge is 2.23. The fourth-order valence-electron chi connectivity index (χ4n) is 2.41. The van der Waals surface area contributed by atoms with Gasteiger partial charge in [0.15, 0.2) is 0 Å². The second-order valence-corrected chi connectivity index (χ2v) is 7.74. The Balaban J connectivity index is -0.000000646. The highest BCUT2D eigenvalue weighted by molar-refractivity contribution is 5.72. The Labute approximate surface area is 214 Å². The topological polar surface area (TPSA) is 80.0 Å². The van der Waals surface area contributed by atoms with E-state index in [0.717, 1.165) is 57.0 Å². The van der Waals surface area contributed by atoms with E-state index in [2.05, 4.69) is 18.2 Å². The first-order chi connectivity index (χ1) is 16.7. The molecule has 0 radical (unpaired) electrons. The fourth-order valence-corrected chi connectivity index (χ4v) is 2.41. The fraction of sp³-hybridized carbons (Fsp3) is 0.679. The minimum atomic E-state index is -0.120. The number of allylic oxidation sites excluding steroid dienone is 5. The van der Waals surface area contributed by atoms with Crippen LogP contribution >= 0.6 is 0 Å². The van der Waals surface area contributed by atoms with Gasteiger partial charge >= 0.3 is 0 Å². The molecule has 35 heavy (non-hydrogen) atoms. The van der Waals surface area contributed by atoms with Gasteiger partial charge in [-0.25, -0.2) is 4.39 Å². The molecule has 0 amide bonds. The lowest BCUT2D eigenvalue weighted by molar-refractivity contribution is -0.105. The number of carbonyl (C=O) groups is 1. The number of methoxy groups -OCH3 is 2. The van der Waals surface area contributed by atoms with Crippen LogP contribution in [-0.4, -0.2) is 52.5 Å². The molecule has 1 aliphatic rings. The Kier molecular flexibility index (Phi) is 30.4. The van der Waals surface area contributed by atoms with Gasteiger partial charge in [0.1, 0.15) is 12.0 Å². The van der Waals surface area contributed by atoms with E-state index < -0.39 is 0 Å². The summed E-state index contributed by atoms with van der Waals surface area (Å²) in [7, 11) is 3.28. The van der Waals surface area contributed by atoms with Crippen LogP contribution in [0, 0.1) is 0 Å². The van der Waals surface area contributed by atoms with Crippen LogP contribution in [0.25, 0.3) is 0 Å². The maximum absolute atomic E-state index is 11.3. The van der Waals surface area contributed by atoms with E-state index in [0.29, 0.717) is 24.7 Å². The van der Waals surface area contributed by atoms with Gasteiger partial charge in [-0.15, -0.1) is 6.58 Å². The molecular weight excluding hydrogens is 449 g/mol. The minimum Gasteiger partial charge on any atom is -0.500 e. The third-order valence-electron chi connectivity index (χ3n) is 5.02. The van der Waals surface area contributed by atoms with Crippen LogP contribution in [0.1, 0.15) is 80.1 Å². The van der Waals surface area contributed by atoms with Crippen LogP contribution in [0.2, 0.25) is 0 Å². The molecule has 2 unspecified atom stereocenters. The second kappa shape index (κ2) is 28.3. The van der Waals surface area contributed by atoms with E-state index in [1.54, 1.807) is 21.1 Å². The molecule has 1 rings (SSSR count). The van der Waals surface area contributed by atoms with Gasteiger partial charge in [0, 0.05) is 13.7 Å². The lowest BCUT2D eigenvalue weighted by Gasteiger charge is -2.29. The molecule has 0 aliphatic heterocycles. The summed E-state index contributed by atoms with van der Waals surface area (Å²) >= 11 is 0. The van der Waals surface area contributed by atoms with Crippen molar-refractivity contribution in [2.45, 2.75) is 92.3 Å². The molecule has 0 saturated heterocycles. The molecule has 0 heterocycles. The zero-order chi connectivity index (χ0) is 27.5. The van der Waals surface area contributed by atoms with Crippen LogP contribution in [0.5, 0.6) is 0 Å². The summed E-state index contributed by atoms with van der Waals surface area (Å²) < 4.78 is 32.6. The third kappa shape index (κ3) is 26.5. The lowest BCUT2D eigenvalue weighted by Crippen LogP contribution is -2.29. The average molecular weight is 502 g/mol. The number of ether oxygens (including phenoxy) is 4. The Morgan fingerprint density at radius 1 is 1.11 bits per heavy atom. The largest absolute Gasteiger partial charge is 0.500 e. The highest BCUT2D eigenvalue weighted by atomic mass is 19.1. The van der Waals surface area contributed by atoms with Crippen molar-refractivity contribution in [2.24, 2.45) is 5.73 Å². The smallest absolute Gasteiger partial charge is 0.145 e. The SMILES string of the molecule is C/C=C(\C)F.C=CCC.CC/C(C=O)=C\COC1CCCC(OC/C(N)=C(\C)OC)C1.CCOC. The number of halogens is 1. The van der Waals surface area contributed by atoms with Gasteiger partial charge < -0.3 is 24.7 Å². The van der Waals surface area contributed by atoms with Gasteiger partial charge in [-0.3, -0.25) is 4.79 Å². The van der Waals surface area contributed by atoms with Crippen molar-refractivity contribution in [3.05, 3.63) is 47.7 Å². The standard InChI is InChI=1S/C17H29NO4.C4H7F.C4H8.C3H8O/c1-4-14(11-19)8-9-21-15-6-5-7-16(10-15)22-12-17(18)13(2)20-3;1-3-4(2)5;2*1-3-4-2/h8,11,15-16H,4-7,9-10,12,18H2,1-3H3;3H,1-2H3;3H,1,4H2,2H3;3H2,1-2H3/b14-8+,17-13-;4-3+;;. The van der Waals surface area contributed by atoms with Crippen LogP contribution in [0.4, 0.5) is 4.39 Å². The summed E-state index contributed by atoms with van der Waals surface area (Å²) in [6.07, 6.45) is 12.3. The van der Waals surface area contributed by atoms with Crippen LogP contribution in [-0.2, 0) is 23.7 Å². The van der Waals surface area contributed by atoms with Gasteiger partial charge in [-0.2, -0.15) is 0 Å². The van der Waals surface area contributed by atoms with E-state index in [1.807, 2.05) is 32.9 Å². The molecule has 0 spiro atoms. The van der Waals surface area contributed by atoms with Gasteiger partial charge in [-0.05, 0) is 71.8 Å². The van der Waals surface area contributed by atoms with Crippen LogP contribution < -0.4 is 5.73 Å². The van der Waals surface area contributed by atoms with Crippen molar-refractivity contribution in [1.82, 2.24) is 0 Å². The Hall–Kier alpha value is -1.96. The zero-order valence-corrected chi connectivity index (χ0v) is 23.5. The molecule has 2 N–H and O–H groups in total. The molecule has 1 aliphatic carbocycles. The van der Waals surface area contributed by atoms with Gasteiger partial charge in [0.25, 0.3) is 0 Å². The summed E-state index contributed by atoms with van der Waals surface area (Å²) in [5, 5.41) is 0.